The Balaban J connectivity index is 1.73. The van der Waals surface area contributed by atoms with E-state index in [4.69, 9.17) is 5.21 Å². The Morgan fingerprint density at radius 1 is 1.08 bits per heavy atom. The highest BCUT2D eigenvalue weighted by molar-refractivity contribution is 5.91. The Morgan fingerprint density at radius 3 is 2.38 bits per heavy atom. The molecule has 0 spiro atoms. The Kier molecular flexibility index (Phi) is 4.54. The normalized spacial score (nSPS) is 11.2. The van der Waals surface area contributed by atoms with E-state index in [-0.39, 0.29) is 5.69 Å². The third-order valence-corrected chi connectivity index (χ3v) is 3.30. The summed E-state index contributed by atoms with van der Waals surface area (Å²) in [5, 5.41) is 15.5. The molecule has 0 aliphatic heterocycles. The molecule has 1 amide bonds. The molecular formula is C15H11F3N6O2. The van der Waals surface area contributed by atoms with Crippen LogP contribution < -0.4 is 10.8 Å². The minimum Gasteiger partial charge on any atom is -0.336 e. The molecule has 0 bridgehead atoms. The lowest BCUT2D eigenvalue weighted by Gasteiger charge is -2.07. The summed E-state index contributed by atoms with van der Waals surface area (Å²) < 4.78 is 39.1. The van der Waals surface area contributed by atoms with Crippen molar-refractivity contribution in [1.82, 2.24) is 25.2 Å². The van der Waals surface area contributed by atoms with Crippen molar-refractivity contribution in [3.05, 3.63) is 60.3 Å². The van der Waals surface area contributed by atoms with Gasteiger partial charge in [0.1, 0.15) is 11.5 Å². The van der Waals surface area contributed by atoms with Crippen LogP contribution in [0.1, 0.15) is 16.1 Å². The van der Waals surface area contributed by atoms with Crippen LogP contribution in [0.2, 0.25) is 0 Å². The van der Waals surface area contributed by atoms with Gasteiger partial charge in [-0.25, -0.2) is 20.1 Å². The average Bonchev–Trinajstić information content (AvgIpc) is 3.09. The number of aromatic nitrogens is 4. The van der Waals surface area contributed by atoms with Crippen LogP contribution in [-0.2, 0) is 6.18 Å². The van der Waals surface area contributed by atoms with Crippen molar-refractivity contribution in [1.29, 1.82) is 0 Å². The lowest BCUT2D eigenvalue weighted by atomic mass is 10.2. The van der Waals surface area contributed by atoms with Gasteiger partial charge >= 0.3 is 6.18 Å². The first-order valence-electron chi connectivity index (χ1n) is 7.12. The summed E-state index contributed by atoms with van der Waals surface area (Å²) in [7, 11) is 0. The van der Waals surface area contributed by atoms with Crippen LogP contribution >= 0.6 is 0 Å². The number of hydrogen-bond acceptors (Lipinski definition) is 6. The average molecular weight is 364 g/mol. The number of carbonyl (C=O) groups excluding carboxylic acids is 1. The van der Waals surface area contributed by atoms with Crippen molar-refractivity contribution in [3.63, 3.8) is 0 Å². The van der Waals surface area contributed by atoms with Gasteiger partial charge in [0.25, 0.3) is 5.91 Å². The molecule has 0 saturated carbocycles. The molecule has 0 atom stereocenters. The lowest BCUT2D eigenvalue weighted by molar-refractivity contribution is -0.137. The Bertz CT molecular complexity index is 906. The maximum Gasteiger partial charge on any atom is 0.416 e. The number of nitrogens with one attached hydrogen (secondary N) is 2. The summed E-state index contributed by atoms with van der Waals surface area (Å²) >= 11 is 0. The number of benzene rings is 1. The summed E-state index contributed by atoms with van der Waals surface area (Å²) in [6.07, 6.45) is 1.05. The number of halogens is 3. The van der Waals surface area contributed by atoms with Gasteiger partial charge in [-0.1, -0.05) is 0 Å². The van der Waals surface area contributed by atoms with E-state index in [2.05, 4.69) is 20.4 Å². The predicted octanol–water partition coefficient (Wildman–Crippen LogP) is 2.54. The van der Waals surface area contributed by atoms with Crippen LogP contribution in [0.3, 0.4) is 0 Å². The molecule has 8 nitrogen and oxygen atoms in total. The van der Waals surface area contributed by atoms with Crippen molar-refractivity contribution in [3.8, 4) is 5.69 Å². The van der Waals surface area contributed by atoms with E-state index in [0.29, 0.717) is 17.2 Å². The molecule has 0 unspecified atom stereocenters. The van der Waals surface area contributed by atoms with E-state index >= 15 is 0 Å². The smallest absolute Gasteiger partial charge is 0.336 e. The molecule has 3 rings (SSSR count). The molecule has 0 aliphatic rings. The third kappa shape index (κ3) is 3.78. The number of nitrogens with zero attached hydrogens (tertiary/aromatic N) is 4. The van der Waals surface area contributed by atoms with Gasteiger partial charge in [-0.2, -0.15) is 18.3 Å². The minimum atomic E-state index is -4.40. The number of carbonyl (C=O) groups is 1. The largest absolute Gasteiger partial charge is 0.416 e. The van der Waals surface area contributed by atoms with Crippen LogP contribution in [0.15, 0.2) is 49.1 Å². The molecule has 0 radical (unpaired) electrons. The van der Waals surface area contributed by atoms with Crippen LogP contribution in [-0.4, -0.2) is 30.9 Å². The van der Waals surface area contributed by atoms with Crippen LogP contribution in [0.5, 0.6) is 0 Å². The predicted molar refractivity (Wildman–Crippen MR) is 83.1 cm³/mol. The maximum atomic E-state index is 12.6. The summed E-state index contributed by atoms with van der Waals surface area (Å²) in [5.41, 5.74) is 1.59. The van der Waals surface area contributed by atoms with Crippen molar-refractivity contribution in [2.75, 3.05) is 5.32 Å². The van der Waals surface area contributed by atoms with Gasteiger partial charge in [-0.05, 0) is 24.3 Å². The molecule has 26 heavy (non-hydrogen) atoms. The minimum absolute atomic E-state index is 0.0708. The second-order valence-corrected chi connectivity index (χ2v) is 5.07. The van der Waals surface area contributed by atoms with Crippen LogP contribution in [0.4, 0.5) is 24.7 Å². The number of hydrogen-bond donors (Lipinski definition) is 3. The molecular weight excluding hydrogens is 353 g/mol. The standard InChI is InChI=1S/C15H11F3N6O2/c16-15(17,18)9-1-3-11(4-2-9)24-8-10(5-21-24)22-13-7-19-12(6-20-13)14(25)23-26/h1-8,26H,(H,20,22)(H,23,25). The van der Waals surface area contributed by atoms with Gasteiger partial charge in [0.05, 0.1) is 41.7 Å². The maximum absolute atomic E-state index is 12.6. The van der Waals surface area contributed by atoms with E-state index in [1.165, 1.54) is 34.7 Å². The fourth-order valence-corrected chi connectivity index (χ4v) is 2.05. The first-order chi connectivity index (χ1) is 12.4. The number of rotatable bonds is 4. The molecule has 0 fully saturated rings. The monoisotopic (exact) mass is 364 g/mol. The number of alkyl halides is 3. The van der Waals surface area contributed by atoms with Crippen molar-refractivity contribution < 1.29 is 23.2 Å². The van der Waals surface area contributed by atoms with Crippen LogP contribution in [0, 0.1) is 0 Å². The van der Waals surface area contributed by atoms with Gasteiger partial charge in [0, 0.05) is 0 Å². The molecule has 2 aromatic heterocycles. The number of amides is 1. The van der Waals surface area contributed by atoms with Gasteiger partial charge in [0.2, 0.25) is 0 Å². The van der Waals surface area contributed by atoms with E-state index in [1.807, 2.05) is 0 Å². The Labute approximate surface area is 144 Å². The fourth-order valence-electron chi connectivity index (χ4n) is 2.05. The van der Waals surface area contributed by atoms with Gasteiger partial charge in [0.15, 0.2) is 0 Å². The third-order valence-electron chi connectivity index (χ3n) is 3.30. The molecule has 0 aliphatic carbocycles. The second kappa shape index (κ2) is 6.80. The molecule has 2 heterocycles. The van der Waals surface area contributed by atoms with E-state index in [0.717, 1.165) is 18.3 Å². The number of anilines is 2. The van der Waals surface area contributed by atoms with Gasteiger partial charge in [-0.15, -0.1) is 0 Å². The molecule has 11 heteroatoms. The molecule has 1 aromatic carbocycles. The first-order valence-corrected chi connectivity index (χ1v) is 7.12. The molecule has 3 aromatic rings. The Morgan fingerprint density at radius 2 is 1.81 bits per heavy atom. The molecule has 0 saturated heterocycles. The first kappa shape index (κ1) is 17.4. The van der Waals surface area contributed by atoms with Crippen molar-refractivity contribution >= 4 is 17.4 Å². The fraction of sp³-hybridized carbons (Fsp3) is 0.0667. The molecule has 134 valence electrons. The van der Waals surface area contributed by atoms with Gasteiger partial charge < -0.3 is 5.32 Å². The zero-order chi connectivity index (χ0) is 18.7. The highest BCUT2D eigenvalue weighted by Gasteiger charge is 2.30. The quantitative estimate of drug-likeness (QED) is 0.485. The lowest BCUT2D eigenvalue weighted by Crippen LogP contribution is -2.20. The molecule has 3 N–H and O–H groups in total. The highest BCUT2D eigenvalue weighted by atomic mass is 19.4. The highest BCUT2D eigenvalue weighted by Crippen LogP contribution is 2.29. The van der Waals surface area contributed by atoms with Crippen molar-refractivity contribution in [2.24, 2.45) is 0 Å². The summed E-state index contributed by atoms with van der Waals surface area (Å²) in [6.45, 7) is 0. The summed E-state index contributed by atoms with van der Waals surface area (Å²) in [4.78, 5) is 18.9. The van der Waals surface area contributed by atoms with Crippen molar-refractivity contribution in [2.45, 2.75) is 6.18 Å². The summed E-state index contributed by atoms with van der Waals surface area (Å²) in [5.74, 6) is -0.481. The topological polar surface area (TPSA) is 105 Å². The Hall–Kier alpha value is -3.47. The summed E-state index contributed by atoms with van der Waals surface area (Å²) in [6, 6.07) is 4.56. The van der Waals surface area contributed by atoms with E-state index < -0.39 is 17.6 Å². The zero-order valence-electron chi connectivity index (χ0n) is 12.9. The number of hydroxylamine groups is 1. The zero-order valence-corrected chi connectivity index (χ0v) is 12.9. The SMILES string of the molecule is O=C(NO)c1cnc(Nc2cnn(-c3ccc(C(F)(F)F)cc3)c2)cn1. The van der Waals surface area contributed by atoms with E-state index in [9.17, 15) is 18.0 Å². The van der Waals surface area contributed by atoms with E-state index in [1.54, 1.807) is 6.20 Å². The van der Waals surface area contributed by atoms with Crippen LogP contribution in [0.25, 0.3) is 5.69 Å². The second-order valence-electron chi connectivity index (χ2n) is 5.07. The van der Waals surface area contributed by atoms with Gasteiger partial charge in [-0.3, -0.25) is 10.0 Å².